The Morgan fingerprint density at radius 3 is 2.53 bits per heavy atom. The van der Waals surface area contributed by atoms with E-state index in [1.165, 1.54) is 17.1 Å². The van der Waals surface area contributed by atoms with Crippen molar-refractivity contribution in [2.24, 2.45) is 7.05 Å². The van der Waals surface area contributed by atoms with E-state index in [0.29, 0.717) is 22.0 Å². The number of ether oxygens (including phenoxy) is 1. The summed E-state index contributed by atoms with van der Waals surface area (Å²) in [6, 6.07) is 13.3. The molecule has 4 aromatic rings. The Hall–Kier alpha value is -4.27. The third-order valence-electron chi connectivity index (χ3n) is 4.35. The molecule has 0 aliphatic rings. The number of amides is 1. The molecule has 0 unspecified atom stereocenters. The van der Waals surface area contributed by atoms with Gasteiger partial charge in [0, 0.05) is 24.3 Å². The van der Waals surface area contributed by atoms with Crippen molar-refractivity contribution in [1.82, 2.24) is 19.6 Å². The minimum Gasteiger partial charge on any atom is -0.425 e. The van der Waals surface area contributed by atoms with Crippen molar-refractivity contribution in [1.29, 1.82) is 0 Å². The number of hydrogen-bond acceptors (Lipinski definition) is 6. The Morgan fingerprint density at radius 1 is 1.03 bits per heavy atom. The number of anilines is 1. The number of fused-ring (bicyclic) bond motifs is 1. The summed E-state index contributed by atoms with van der Waals surface area (Å²) in [5, 5.41) is 11.9. The van der Waals surface area contributed by atoms with Crippen molar-refractivity contribution >= 4 is 28.3 Å². The summed E-state index contributed by atoms with van der Waals surface area (Å²) in [5.41, 5.74) is 0.607. The number of hydrogen-bond donors (Lipinski definition) is 1. The molecule has 2 heterocycles. The van der Waals surface area contributed by atoms with Gasteiger partial charge >= 0.3 is 5.97 Å². The molecule has 2 aromatic heterocycles. The Kier molecular flexibility index (Phi) is 5.08. The summed E-state index contributed by atoms with van der Waals surface area (Å²) < 4.78 is 7.87. The van der Waals surface area contributed by atoms with Crippen LogP contribution < -0.4 is 15.6 Å². The van der Waals surface area contributed by atoms with Crippen LogP contribution in [0.15, 0.2) is 71.9 Å². The van der Waals surface area contributed by atoms with E-state index in [4.69, 9.17) is 4.74 Å². The van der Waals surface area contributed by atoms with Crippen LogP contribution in [0.1, 0.15) is 10.4 Å². The highest BCUT2D eigenvalue weighted by Gasteiger charge is 2.12. The summed E-state index contributed by atoms with van der Waals surface area (Å²) in [4.78, 5) is 36.8. The van der Waals surface area contributed by atoms with Crippen molar-refractivity contribution < 1.29 is 14.3 Å². The minimum absolute atomic E-state index is 0.285. The van der Waals surface area contributed by atoms with Crippen molar-refractivity contribution in [3.05, 3.63) is 83.0 Å². The Balaban J connectivity index is 1.40. The fourth-order valence-corrected chi connectivity index (χ4v) is 2.87. The smallest absolute Gasteiger partial charge is 0.333 e. The number of aromatic nitrogens is 4. The lowest BCUT2D eigenvalue weighted by Gasteiger charge is -2.08. The Morgan fingerprint density at radius 2 is 1.80 bits per heavy atom. The SMILES string of the molecule is Cn1cc(C(=O)Nc2ccc(OC(=O)Cn3ncc4ccccc4c3=O)cc2)cn1. The maximum atomic E-state index is 12.4. The van der Waals surface area contributed by atoms with Crippen LogP contribution in [-0.2, 0) is 18.4 Å². The average molecular weight is 403 g/mol. The van der Waals surface area contributed by atoms with Crippen LogP contribution >= 0.6 is 0 Å². The first-order valence-corrected chi connectivity index (χ1v) is 9.05. The molecular formula is C21H17N5O4. The molecule has 0 radical (unpaired) electrons. The maximum Gasteiger partial charge on any atom is 0.333 e. The van der Waals surface area contributed by atoms with Crippen LogP contribution in [0.25, 0.3) is 10.8 Å². The Labute approximate surface area is 170 Å². The van der Waals surface area contributed by atoms with Gasteiger partial charge in [0.15, 0.2) is 0 Å². The lowest BCUT2D eigenvalue weighted by atomic mass is 10.2. The van der Waals surface area contributed by atoms with Crippen LogP contribution in [0.4, 0.5) is 5.69 Å². The molecule has 0 saturated heterocycles. The number of carbonyl (C=O) groups excluding carboxylic acids is 2. The summed E-state index contributed by atoms with van der Waals surface area (Å²) >= 11 is 0. The monoisotopic (exact) mass is 403 g/mol. The summed E-state index contributed by atoms with van der Waals surface area (Å²) in [6.07, 6.45) is 4.60. The molecule has 1 amide bonds. The first-order chi connectivity index (χ1) is 14.5. The number of esters is 1. The number of benzene rings is 2. The van der Waals surface area contributed by atoms with Gasteiger partial charge in [-0.2, -0.15) is 10.2 Å². The van der Waals surface area contributed by atoms with Crippen molar-refractivity contribution in [2.45, 2.75) is 6.54 Å². The molecule has 9 nitrogen and oxygen atoms in total. The Bertz CT molecular complexity index is 1290. The van der Waals surface area contributed by atoms with Gasteiger partial charge in [-0.1, -0.05) is 18.2 Å². The van der Waals surface area contributed by atoms with Gasteiger partial charge in [-0.15, -0.1) is 0 Å². The van der Waals surface area contributed by atoms with E-state index in [-0.39, 0.29) is 23.8 Å². The van der Waals surface area contributed by atoms with Gasteiger partial charge in [-0.3, -0.25) is 14.3 Å². The van der Waals surface area contributed by atoms with E-state index in [1.54, 1.807) is 55.7 Å². The zero-order chi connectivity index (χ0) is 21.1. The third-order valence-corrected chi connectivity index (χ3v) is 4.35. The summed E-state index contributed by atoms with van der Waals surface area (Å²) in [7, 11) is 1.72. The molecule has 30 heavy (non-hydrogen) atoms. The van der Waals surface area contributed by atoms with Crippen LogP contribution in [0, 0.1) is 0 Å². The molecule has 0 aliphatic heterocycles. The number of nitrogens with zero attached hydrogens (tertiary/aromatic N) is 4. The van der Waals surface area contributed by atoms with E-state index >= 15 is 0 Å². The van der Waals surface area contributed by atoms with E-state index in [1.807, 2.05) is 6.07 Å². The van der Waals surface area contributed by atoms with E-state index in [2.05, 4.69) is 15.5 Å². The van der Waals surface area contributed by atoms with Crippen LogP contribution in [0.2, 0.25) is 0 Å². The molecule has 0 aliphatic carbocycles. The lowest BCUT2D eigenvalue weighted by molar-refractivity contribution is -0.135. The van der Waals surface area contributed by atoms with E-state index in [9.17, 15) is 14.4 Å². The molecule has 0 atom stereocenters. The van der Waals surface area contributed by atoms with E-state index in [0.717, 1.165) is 4.68 Å². The minimum atomic E-state index is -0.632. The normalized spacial score (nSPS) is 10.7. The van der Waals surface area contributed by atoms with Gasteiger partial charge in [-0.25, -0.2) is 9.48 Å². The fraction of sp³-hybridized carbons (Fsp3) is 0.0952. The van der Waals surface area contributed by atoms with Crippen molar-refractivity contribution in [3.63, 3.8) is 0 Å². The molecule has 4 rings (SSSR count). The van der Waals surface area contributed by atoms with E-state index < -0.39 is 5.97 Å². The molecule has 0 bridgehead atoms. The molecule has 150 valence electrons. The van der Waals surface area contributed by atoms with Crippen molar-refractivity contribution in [2.75, 3.05) is 5.32 Å². The van der Waals surface area contributed by atoms with Gasteiger partial charge in [-0.05, 0) is 30.3 Å². The van der Waals surface area contributed by atoms with Crippen LogP contribution in [0.3, 0.4) is 0 Å². The maximum absolute atomic E-state index is 12.4. The zero-order valence-corrected chi connectivity index (χ0v) is 16.0. The topological polar surface area (TPSA) is 108 Å². The standard InChI is InChI=1S/C21H17N5O4/c1-25-12-15(11-22-25)20(28)24-16-6-8-17(9-7-16)30-19(27)13-26-21(29)18-5-3-2-4-14(18)10-23-26/h2-12H,13H2,1H3,(H,24,28). The molecule has 9 heteroatoms. The second-order valence-electron chi connectivity index (χ2n) is 6.55. The predicted octanol–water partition coefficient (Wildman–Crippen LogP) is 1.99. The molecule has 0 spiro atoms. The number of nitrogens with one attached hydrogen (secondary N) is 1. The van der Waals surface area contributed by atoms with Gasteiger partial charge in [0.2, 0.25) is 0 Å². The highest BCUT2D eigenvalue weighted by atomic mass is 16.5. The van der Waals surface area contributed by atoms with Gasteiger partial charge in [0.1, 0.15) is 12.3 Å². The predicted molar refractivity (Wildman–Crippen MR) is 109 cm³/mol. The first kappa shape index (κ1) is 19.1. The highest BCUT2D eigenvalue weighted by molar-refractivity contribution is 6.03. The van der Waals surface area contributed by atoms with Crippen molar-refractivity contribution in [3.8, 4) is 5.75 Å². The van der Waals surface area contributed by atoms with Gasteiger partial charge in [0.25, 0.3) is 11.5 Å². The summed E-state index contributed by atoms with van der Waals surface area (Å²) in [5.74, 6) is -0.644. The second-order valence-corrected chi connectivity index (χ2v) is 6.55. The number of aryl methyl sites for hydroxylation is 1. The number of rotatable bonds is 5. The molecule has 0 saturated carbocycles. The lowest BCUT2D eigenvalue weighted by Crippen LogP contribution is -2.28. The largest absolute Gasteiger partial charge is 0.425 e. The van der Waals surface area contributed by atoms with Crippen LogP contribution in [-0.4, -0.2) is 31.4 Å². The second kappa shape index (κ2) is 8.00. The van der Waals surface area contributed by atoms with Crippen LogP contribution in [0.5, 0.6) is 5.75 Å². The zero-order valence-electron chi connectivity index (χ0n) is 16.0. The van der Waals surface area contributed by atoms with Gasteiger partial charge < -0.3 is 10.1 Å². The summed E-state index contributed by atoms with van der Waals surface area (Å²) in [6.45, 7) is -0.316. The first-order valence-electron chi connectivity index (χ1n) is 9.05. The molecule has 2 aromatic carbocycles. The highest BCUT2D eigenvalue weighted by Crippen LogP contribution is 2.17. The van der Waals surface area contributed by atoms with Gasteiger partial charge in [0.05, 0.1) is 23.3 Å². The molecular weight excluding hydrogens is 386 g/mol. The number of carbonyl (C=O) groups is 2. The molecule has 0 fully saturated rings. The molecule has 1 N–H and O–H groups in total. The third kappa shape index (κ3) is 4.09. The average Bonchev–Trinajstić information content (AvgIpc) is 3.18. The quantitative estimate of drug-likeness (QED) is 0.403. The fourth-order valence-electron chi connectivity index (χ4n) is 2.87.